The van der Waals surface area contributed by atoms with E-state index in [2.05, 4.69) is 21.5 Å². The van der Waals surface area contributed by atoms with Crippen molar-refractivity contribution in [2.24, 2.45) is 16.0 Å². The molecule has 0 heterocycles. The molecular weight excluding hydrogens is 343 g/mol. The van der Waals surface area contributed by atoms with Crippen LogP contribution in [0.2, 0.25) is 0 Å². The monoisotopic (exact) mass is 357 g/mol. The van der Waals surface area contributed by atoms with Crippen molar-refractivity contribution in [3.8, 4) is 0 Å². The van der Waals surface area contributed by atoms with Crippen molar-refractivity contribution in [3.63, 3.8) is 0 Å². The van der Waals surface area contributed by atoms with Crippen LogP contribution < -0.4 is 15.4 Å². The van der Waals surface area contributed by atoms with Gasteiger partial charge in [0.15, 0.2) is 0 Å². The van der Waals surface area contributed by atoms with Gasteiger partial charge in [-0.05, 0) is 18.2 Å². The molecule has 1 aromatic carbocycles. The van der Waals surface area contributed by atoms with Gasteiger partial charge < -0.3 is 19.9 Å². The van der Waals surface area contributed by atoms with Gasteiger partial charge in [0.1, 0.15) is 11.5 Å². The fourth-order valence-corrected chi connectivity index (χ4v) is 1.52. The average Bonchev–Trinajstić information content (AvgIpc) is 2.26. The molecule has 0 fully saturated rings. The van der Waals surface area contributed by atoms with Crippen LogP contribution >= 0.6 is 0 Å². The van der Waals surface area contributed by atoms with Gasteiger partial charge in [0, 0.05) is 63.8 Å². The third-order valence-electron chi connectivity index (χ3n) is 1.98. The molecule has 1 rings (SSSR count). The van der Waals surface area contributed by atoms with Crippen molar-refractivity contribution < 1.29 is 41.5 Å². The quantitative estimate of drug-likeness (QED) is 0.615. The van der Waals surface area contributed by atoms with Gasteiger partial charge in [-0.3, -0.25) is 4.21 Å². The van der Waals surface area contributed by atoms with Crippen molar-refractivity contribution in [3.05, 3.63) is 30.6 Å². The molecule has 0 saturated heterocycles. The van der Waals surface area contributed by atoms with E-state index in [-0.39, 0.29) is 38.5 Å². The number of rotatable bonds is 5. The molecule has 0 aromatic heterocycles. The summed E-state index contributed by atoms with van der Waals surface area (Å²) in [6, 6.07) is 5.06. The van der Waals surface area contributed by atoms with Crippen LogP contribution in [0.15, 0.2) is 40.8 Å². The fourth-order valence-electron chi connectivity index (χ4n) is 1.18. The van der Waals surface area contributed by atoms with Gasteiger partial charge in [-0.25, -0.2) is 0 Å². The Kier molecular flexibility index (Phi) is 8.00. The van der Waals surface area contributed by atoms with Crippen molar-refractivity contribution in [1.29, 1.82) is 0 Å². The van der Waals surface area contributed by atoms with E-state index in [1.165, 1.54) is 0 Å². The minimum atomic E-state index is -2.44. The Morgan fingerprint density at radius 1 is 1.53 bits per heavy atom. The predicted molar refractivity (Wildman–Crippen MR) is 71.2 cm³/mol. The van der Waals surface area contributed by atoms with Crippen LogP contribution in [0.25, 0.3) is 0 Å². The molecule has 0 bridgehead atoms. The minimum absolute atomic E-state index is 0. The van der Waals surface area contributed by atoms with E-state index in [0.717, 1.165) is 5.69 Å². The first kappa shape index (κ1) is 18.2. The maximum absolute atomic E-state index is 10.7. The average molecular weight is 357 g/mol. The zero-order valence-electron chi connectivity index (χ0n) is 10.7. The molecule has 1 radical (unpaired) electrons. The molecule has 3 N–H and O–H groups in total. The topological polar surface area (TPSA) is 106 Å². The van der Waals surface area contributed by atoms with Gasteiger partial charge in [-0.2, -0.15) is 0 Å². The maximum atomic E-state index is 10.7. The normalized spacial score (nSPS) is 11.7. The summed E-state index contributed by atoms with van der Waals surface area (Å²) in [6.45, 7) is 3.37. The number of anilines is 2. The fraction of sp³-hybridized carbons (Fsp3) is 0.200. The van der Waals surface area contributed by atoms with Gasteiger partial charge in [0.05, 0.1) is 5.69 Å². The van der Waals surface area contributed by atoms with E-state index in [9.17, 15) is 8.76 Å². The molecule has 1 unspecified atom stereocenters. The smallest absolute Gasteiger partial charge is 0.138 e. The van der Waals surface area contributed by atoms with E-state index in [4.69, 9.17) is 5.73 Å². The molecule has 19 heavy (non-hydrogen) atoms. The number of nitrogens with one attached hydrogen (secondary N) is 1. The largest absolute Gasteiger partial charge is 0.755 e. The van der Waals surface area contributed by atoms with Crippen molar-refractivity contribution in [1.82, 2.24) is 0 Å². The third-order valence-corrected chi connectivity index (χ3v) is 2.36. The molecule has 1 atom stereocenters. The summed E-state index contributed by atoms with van der Waals surface area (Å²) in [5, 5.41) is 7.40. The first-order chi connectivity index (χ1) is 8.40. The summed E-state index contributed by atoms with van der Waals surface area (Å²) in [7, 11) is 3.69. The van der Waals surface area contributed by atoms with Crippen molar-refractivity contribution in [2.75, 3.05) is 23.7 Å². The van der Waals surface area contributed by atoms with Gasteiger partial charge >= 0.3 is 0 Å². The van der Waals surface area contributed by atoms with Crippen LogP contribution in [0.3, 0.4) is 0 Å². The second-order valence-electron chi connectivity index (χ2n) is 3.62. The van der Waals surface area contributed by atoms with Gasteiger partial charge in [-0.15, -0.1) is 10.2 Å². The minimum Gasteiger partial charge on any atom is -0.755 e. The summed E-state index contributed by atoms with van der Waals surface area (Å²) in [4.78, 5) is 1.84. The Balaban J connectivity index is 0.00000324. The summed E-state index contributed by atoms with van der Waals surface area (Å²) in [5.74, 6) is 0.0425. The number of benzene rings is 1. The zero-order chi connectivity index (χ0) is 13.7. The van der Waals surface area contributed by atoms with Gasteiger partial charge in [-0.1, -0.05) is 6.58 Å². The molecule has 101 valence electrons. The zero-order valence-corrected chi connectivity index (χ0v) is 14.3. The summed E-state index contributed by atoms with van der Waals surface area (Å²) in [6.07, 6.45) is 0. The van der Waals surface area contributed by atoms with Crippen molar-refractivity contribution >= 4 is 28.3 Å². The standard InChI is InChI=1S/C10H15N5O2S.Y/c1-7(11)12-13-9-5-4-8(15(2)3)6-10(9)14-18(16)17;/h4-6,14H,1,11H2,2-3H3,(H,16,17);/p-1. The van der Waals surface area contributed by atoms with Crippen molar-refractivity contribution in [2.45, 2.75) is 0 Å². The second kappa shape index (κ2) is 8.37. The van der Waals surface area contributed by atoms with Gasteiger partial charge in [0.2, 0.25) is 0 Å². The number of nitrogens with two attached hydrogens (primary N) is 1. The van der Waals surface area contributed by atoms with Crippen LogP contribution in [0.1, 0.15) is 0 Å². The first-order valence-electron chi connectivity index (χ1n) is 4.93. The Morgan fingerprint density at radius 3 is 2.63 bits per heavy atom. The van der Waals surface area contributed by atoms with Crippen LogP contribution in [-0.2, 0) is 44.0 Å². The van der Waals surface area contributed by atoms with Crippen LogP contribution in [-0.4, -0.2) is 22.9 Å². The molecule has 7 nitrogen and oxygen atoms in total. The number of nitrogens with zero attached hydrogens (tertiary/aromatic N) is 3. The Hall–Kier alpha value is -0.826. The van der Waals surface area contributed by atoms with E-state index in [1.807, 2.05) is 19.0 Å². The summed E-state index contributed by atoms with van der Waals surface area (Å²) >= 11 is -2.44. The summed E-state index contributed by atoms with van der Waals surface area (Å²) < 4.78 is 23.7. The molecule has 0 saturated carbocycles. The maximum Gasteiger partial charge on any atom is 0.138 e. The molecule has 9 heteroatoms. The van der Waals surface area contributed by atoms with Crippen LogP contribution in [0.5, 0.6) is 0 Å². The van der Waals surface area contributed by atoms with Crippen LogP contribution in [0.4, 0.5) is 17.1 Å². The molecule has 0 aliphatic carbocycles. The number of hydrogen-bond acceptors (Lipinski definition) is 6. The Labute approximate surface area is 139 Å². The molecule has 1 aromatic rings. The predicted octanol–water partition coefficient (Wildman–Crippen LogP) is 1.47. The van der Waals surface area contributed by atoms with E-state index in [0.29, 0.717) is 11.4 Å². The molecule has 0 aliphatic rings. The van der Waals surface area contributed by atoms with Crippen LogP contribution in [0, 0.1) is 0 Å². The van der Waals surface area contributed by atoms with Gasteiger partial charge in [0.25, 0.3) is 0 Å². The Bertz CT molecular complexity index is 507. The molecule has 0 spiro atoms. The number of hydrogen-bond donors (Lipinski definition) is 2. The molecule has 0 aliphatic heterocycles. The Morgan fingerprint density at radius 2 is 2.16 bits per heavy atom. The summed E-state index contributed by atoms with van der Waals surface area (Å²) in [5.41, 5.74) is 6.77. The SMILES string of the molecule is C=C(N)N=Nc1ccc(N(C)C)cc1NS(=O)[O-].[Y]. The van der Waals surface area contributed by atoms with E-state index in [1.54, 1.807) is 18.2 Å². The first-order valence-corrected chi connectivity index (χ1v) is 6.01. The third kappa shape index (κ3) is 6.24. The molecular formula is C10H14N5O2SY-. The molecule has 0 amide bonds. The van der Waals surface area contributed by atoms with E-state index < -0.39 is 11.3 Å². The number of azo groups is 1. The second-order valence-corrected chi connectivity index (χ2v) is 4.30. The van der Waals surface area contributed by atoms with E-state index >= 15 is 0 Å².